The lowest BCUT2D eigenvalue weighted by Crippen LogP contribution is -2.23. The highest BCUT2D eigenvalue weighted by Crippen LogP contribution is 2.33. The highest BCUT2D eigenvalue weighted by Gasteiger charge is 2.29. The molecule has 1 aliphatic rings. The molecule has 1 aromatic carbocycles. The predicted molar refractivity (Wildman–Crippen MR) is 81.3 cm³/mol. The molecule has 8 heteroatoms. The Labute approximate surface area is 125 Å². The summed E-state index contributed by atoms with van der Waals surface area (Å²) in [6.07, 6.45) is 1.61. The molecule has 1 fully saturated rings. The summed E-state index contributed by atoms with van der Waals surface area (Å²) in [6.45, 7) is 0. The van der Waals surface area contributed by atoms with E-state index in [-0.39, 0.29) is 17.3 Å². The van der Waals surface area contributed by atoms with Crippen molar-refractivity contribution in [3.05, 3.63) is 38.8 Å². The Morgan fingerprint density at radius 3 is 2.71 bits per heavy atom. The zero-order valence-electron chi connectivity index (χ0n) is 11.7. The summed E-state index contributed by atoms with van der Waals surface area (Å²) < 4.78 is 4.94. The highest BCUT2D eigenvalue weighted by molar-refractivity contribution is 8.18. The molecular formula is C13H13N3O4S. The second-order valence-corrected chi connectivity index (χ2v) is 5.18. The summed E-state index contributed by atoms with van der Waals surface area (Å²) in [6, 6.07) is 4.54. The van der Waals surface area contributed by atoms with Crippen molar-refractivity contribution in [1.82, 2.24) is 4.90 Å². The van der Waals surface area contributed by atoms with Crippen LogP contribution < -0.4 is 4.74 Å². The van der Waals surface area contributed by atoms with Gasteiger partial charge in [0, 0.05) is 20.2 Å². The first-order valence-electron chi connectivity index (χ1n) is 5.94. The lowest BCUT2D eigenvalue weighted by molar-refractivity contribution is -0.385. The van der Waals surface area contributed by atoms with Gasteiger partial charge in [0.25, 0.3) is 5.91 Å². The molecule has 0 radical (unpaired) electrons. The number of carbonyl (C=O) groups is 1. The molecule has 1 saturated heterocycles. The molecule has 0 N–H and O–H groups in total. The van der Waals surface area contributed by atoms with Gasteiger partial charge in [0.05, 0.1) is 16.9 Å². The number of aliphatic imine (C=N–C) groups is 1. The molecule has 7 nitrogen and oxygen atoms in total. The van der Waals surface area contributed by atoms with Crippen LogP contribution in [0.4, 0.5) is 5.69 Å². The number of rotatable bonds is 3. The van der Waals surface area contributed by atoms with Gasteiger partial charge in [0.15, 0.2) is 10.9 Å². The summed E-state index contributed by atoms with van der Waals surface area (Å²) in [5.74, 6) is -0.000416. The molecule has 21 heavy (non-hydrogen) atoms. The number of nitro groups is 1. The average Bonchev–Trinajstić information content (AvgIpc) is 2.75. The van der Waals surface area contributed by atoms with Crippen molar-refractivity contribution >= 4 is 34.6 Å². The maximum absolute atomic E-state index is 12.0. The minimum absolute atomic E-state index is 0.139. The minimum atomic E-state index is -0.518. The first-order chi connectivity index (χ1) is 9.97. The maximum atomic E-state index is 12.0. The van der Waals surface area contributed by atoms with Crippen LogP contribution in [-0.2, 0) is 4.79 Å². The van der Waals surface area contributed by atoms with Crippen LogP contribution in [0.25, 0.3) is 6.08 Å². The summed E-state index contributed by atoms with van der Waals surface area (Å²) in [4.78, 5) is 28.4. The maximum Gasteiger partial charge on any atom is 0.311 e. The zero-order chi connectivity index (χ0) is 15.6. The van der Waals surface area contributed by atoms with Crippen LogP contribution in [0.5, 0.6) is 5.75 Å². The molecule has 1 amide bonds. The second kappa shape index (κ2) is 5.96. The summed E-state index contributed by atoms with van der Waals surface area (Å²) in [5.41, 5.74) is 0.420. The molecule has 0 unspecified atom stereocenters. The third-order valence-corrected chi connectivity index (χ3v) is 4.04. The van der Waals surface area contributed by atoms with E-state index in [4.69, 9.17) is 4.74 Å². The SMILES string of the molecule is CN=C1S/C(=C/c2ccc(OC)c([N+](=O)[O-])c2)C(=O)N1C. The Morgan fingerprint density at radius 1 is 1.48 bits per heavy atom. The minimum Gasteiger partial charge on any atom is -0.490 e. The Bertz CT molecular complexity index is 669. The predicted octanol–water partition coefficient (Wildman–Crippen LogP) is 2.14. The van der Waals surface area contributed by atoms with Gasteiger partial charge >= 0.3 is 5.69 Å². The Hall–Kier alpha value is -2.35. The first-order valence-corrected chi connectivity index (χ1v) is 6.76. The van der Waals surface area contributed by atoms with E-state index in [2.05, 4.69) is 4.99 Å². The number of ether oxygens (including phenoxy) is 1. The van der Waals surface area contributed by atoms with E-state index in [0.29, 0.717) is 15.6 Å². The van der Waals surface area contributed by atoms with Crippen molar-refractivity contribution in [1.29, 1.82) is 0 Å². The molecule has 0 bridgehead atoms. The number of nitro benzene ring substituents is 1. The van der Waals surface area contributed by atoms with Crippen LogP contribution in [0, 0.1) is 10.1 Å². The second-order valence-electron chi connectivity index (χ2n) is 4.17. The molecule has 1 heterocycles. The van der Waals surface area contributed by atoms with E-state index in [9.17, 15) is 14.9 Å². The third kappa shape index (κ3) is 2.89. The van der Waals surface area contributed by atoms with Crippen molar-refractivity contribution in [3.63, 3.8) is 0 Å². The van der Waals surface area contributed by atoms with Crippen molar-refractivity contribution < 1.29 is 14.5 Å². The number of carbonyl (C=O) groups excluding carboxylic acids is 1. The van der Waals surface area contributed by atoms with Gasteiger partial charge in [-0.2, -0.15) is 0 Å². The molecule has 110 valence electrons. The van der Waals surface area contributed by atoms with Gasteiger partial charge in [-0.15, -0.1) is 0 Å². The lowest BCUT2D eigenvalue weighted by Gasteiger charge is -2.05. The van der Waals surface area contributed by atoms with Crippen molar-refractivity contribution in [2.75, 3.05) is 21.2 Å². The van der Waals surface area contributed by atoms with E-state index in [1.807, 2.05) is 0 Å². The van der Waals surface area contributed by atoms with Crippen LogP contribution in [-0.4, -0.2) is 42.1 Å². The molecule has 0 saturated carbocycles. The van der Waals surface area contributed by atoms with Crippen LogP contribution in [0.3, 0.4) is 0 Å². The van der Waals surface area contributed by atoms with E-state index >= 15 is 0 Å². The molecule has 1 aromatic rings. The standard InChI is InChI=1S/C13H13N3O4S/c1-14-13-15(2)12(17)11(21-13)7-8-4-5-10(20-3)9(6-8)16(18)19/h4-7H,1-3H3/b11-7+,14-13?. The van der Waals surface area contributed by atoms with E-state index in [1.54, 1.807) is 26.2 Å². The lowest BCUT2D eigenvalue weighted by atomic mass is 10.1. The Balaban J connectivity index is 2.40. The number of benzene rings is 1. The fourth-order valence-corrected chi connectivity index (χ4v) is 2.77. The quantitative estimate of drug-likeness (QED) is 0.485. The highest BCUT2D eigenvalue weighted by atomic mass is 32.2. The number of amidine groups is 1. The normalized spacial score (nSPS) is 18.6. The van der Waals surface area contributed by atoms with E-state index in [1.165, 1.54) is 35.9 Å². The van der Waals surface area contributed by atoms with Crippen LogP contribution in [0.1, 0.15) is 5.56 Å². The van der Waals surface area contributed by atoms with Gasteiger partial charge in [0.2, 0.25) is 0 Å². The zero-order valence-corrected chi connectivity index (χ0v) is 12.5. The molecule has 0 aromatic heterocycles. The molecule has 0 spiro atoms. The molecule has 2 rings (SSSR count). The number of nitrogens with zero attached hydrogens (tertiary/aromatic N) is 3. The number of likely N-dealkylation sites (N-methyl/N-ethyl adjacent to an activating group) is 1. The number of amides is 1. The fourth-order valence-electron chi connectivity index (χ4n) is 1.84. The van der Waals surface area contributed by atoms with Gasteiger partial charge in [-0.1, -0.05) is 6.07 Å². The van der Waals surface area contributed by atoms with E-state index in [0.717, 1.165) is 0 Å². The first kappa shape index (κ1) is 15.0. The number of methoxy groups -OCH3 is 1. The molecule has 1 aliphatic heterocycles. The molecule has 0 aliphatic carbocycles. The largest absolute Gasteiger partial charge is 0.490 e. The number of hydrogen-bond acceptors (Lipinski definition) is 6. The third-order valence-electron chi connectivity index (χ3n) is 2.89. The van der Waals surface area contributed by atoms with E-state index < -0.39 is 4.92 Å². The van der Waals surface area contributed by atoms with Gasteiger partial charge in [-0.3, -0.25) is 24.8 Å². The molecule has 0 atom stereocenters. The summed E-state index contributed by atoms with van der Waals surface area (Å²) in [7, 11) is 4.61. The Kier molecular flexibility index (Phi) is 4.27. The number of hydrogen-bond donors (Lipinski definition) is 0. The van der Waals surface area contributed by atoms with Gasteiger partial charge in [-0.05, 0) is 29.5 Å². The van der Waals surface area contributed by atoms with Crippen molar-refractivity contribution in [2.45, 2.75) is 0 Å². The van der Waals surface area contributed by atoms with Crippen molar-refractivity contribution in [2.24, 2.45) is 4.99 Å². The van der Waals surface area contributed by atoms with Gasteiger partial charge < -0.3 is 4.74 Å². The van der Waals surface area contributed by atoms with Gasteiger partial charge in [0.1, 0.15) is 0 Å². The van der Waals surface area contributed by atoms with Crippen LogP contribution >= 0.6 is 11.8 Å². The molecular weight excluding hydrogens is 294 g/mol. The smallest absolute Gasteiger partial charge is 0.311 e. The summed E-state index contributed by atoms with van der Waals surface area (Å²) in [5, 5.41) is 11.6. The van der Waals surface area contributed by atoms with Crippen LogP contribution in [0.2, 0.25) is 0 Å². The fraction of sp³-hybridized carbons (Fsp3) is 0.231. The van der Waals surface area contributed by atoms with Crippen molar-refractivity contribution in [3.8, 4) is 5.75 Å². The Morgan fingerprint density at radius 2 is 2.19 bits per heavy atom. The monoisotopic (exact) mass is 307 g/mol. The van der Waals surface area contributed by atoms with Gasteiger partial charge in [-0.25, -0.2) is 0 Å². The van der Waals surface area contributed by atoms with Crippen LogP contribution in [0.15, 0.2) is 28.1 Å². The average molecular weight is 307 g/mol. The summed E-state index contributed by atoms with van der Waals surface area (Å²) >= 11 is 1.23. The topological polar surface area (TPSA) is 85.0 Å². The number of thioether (sulfide) groups is 1.